The average Bonchev–Trinajstić information content (AvgIpc) is 2.73. The van der Waals surface area contributed by atoms with Gasteiger partial charge in [0.25, 0.3) is 0 Å². The van der Waals surface area contributed by atoms with Gasteiger partial charge in [-0.3, -0.25) is 0 Å². The van der Waals surface area contributed by atoms with E-state index in [2.05, 4.69) is 25.1 Å². The fourth-order valence-electron chi connectivity index (χ4n) is 1.97. The van der Waals surface area contributed by atoms with Gasteiger partial charge in [-0.2, -0.15) is 0 Å². The van der Waals surface area contributed by atoms with Gasteiger partial charge < -0.3 is 4.74 Å². The zero-order valence-corrected chi connectivity index (χ0v) is 10.3. The van der Waals surface area contributed by atoms with Crippen molar-refractivity contribution in [2.45, 2.75) is 31.6 Å². The van der Waals surface area contributed by atoms with Gasteiger partial charge in [0, 0.05) is 5.56 Å². The standard InChI is InChI=1S/C14H17ClO/c1-2-9-16-14-6-4-3-5-13(14)11-7-8-12(15)10-11/h3-6,10,12H,2,7-9H2,1H3. The van der Waals surface area contributed by atoms with E-state index in [0.717, 1.165) is 31.6 Å². The Morgan fingerprint density at radius 3 is 2.88 bits per heavy atom. The molecule has 0 radical (unpaired) electrons. The summed E-state index contributed by atoms with van der Waals surface area (Å²) in [6.45, 7) is 2.89. The van der Waals surface area contributed by atoms with Crippen LogP contribution < -0.4 is 4.74 Å². The van der Waals surface area contributed by atoms with Crippen LogP contribution in [0.15, 0.2) is 30.3 Å². The Morgan fingerprint density at radius 1 is 1.38 bits per heavy atom. The van der Waals surface area contributed by atoms with Crippen LogP contribution in [-0.4, -0.2) is 12.0 Å². The molecule has 1 aliphatic rings. The highest BCUT2D eigenvalue weighted by atomic mass is 35.5. The summed E-state index contributed by atoms with van der Waals surface area (Å²) in [6.07, 6.45) is 5.28. The fraction of sp³-hybridized carbons (Fsp3) is 0.429. The summed E-state index contributed by atoms with van der Waals surface area (Å²) >= 11 is 6.10. The molecule has 0 amide bonds. The summed E-state index contributed by atoms with van der Waals surface area (Å²) in [7, 11) is 0. The first-order valence-corrected chi connectivity index (χ1v) is 6.32. The van der Waals surface area contributed by atoms with Crippen LogP contribution >= 0.6 is 11.6 Å². The van der Waals surface area contributed by atoms with Crippen molar-refractivity contribution in [3.8, 4) is 5.75 Å². The summed E-state index contributed by atoms with van der Waals surface area (Å²) in [5.74, 6) is 0.987. The number of hydrogen-bond donors (Lipinski definition) is 0. The van der Waals surface area contributed by atoms with Crippen molar-refractivity contribution in [3.05, 3.63) is 35.9 Å². The first-order chi connectivity index (χ1) is 7.81. The Kier molecular flexibility index (Phi) is 3.89. The van der Waals surface area contributed by atoms with Crippen LogP contribution in [0.3, 0.4) is 0 Å². The molecular weight excluding hydrogens is 220 g/mol. The molecule has 0 saturated heterocycles. The molecule has 16 heavy (non-hydrogen) atoms. The van der Waals surface area contributed by atoms with E-state index in [1.165, 1.54) is 11.1 Å². The number of para-hydroxylation sites is 1. The fourth-order valence-corrected chi connectivity index (χ4v) is 2.23. The Morgan fingerprint density at radius 2 is 2.19 bits per heavy atom. The van der Waals surface area contributed by atoms with Crippen LogP contribution in [0.25, 0.3) is 5.57 Å². The predicted octanol–water partition coefficient (Wildman–Crippen LogP) is 4.26. The van der Waals surface area contributed by atoms with Gasteiger partial charge in [0.15, 0.2) is 0 Å². The van der Waals surface area contributed by atoms with Crippen LogP contribution in [0.5, 0.6) is 5.75 Å². The van der Waals surface area contributed by atoms with Crippen LogP contribution in [0.2, 0.25) is 0 Å². The van der Waals surface area contributed by atoms with E-state index in [1.807, 2.05) is 12.1 Å². The van der Waals surface area contributed by atoms with Crippen molar-refractivity contribution in [3.63, 3.8) is 0 Å². The molecule has 1 aliphatic carbocycles. The summed E-state index contributed by atoms with van der Waals surface area (Å²) in [5.41, 5.74) is 2.53. The minimum atomic E-state index is 0.189. The van der Waals surface area contributed by atoms with Crippen molar-refractivity contribution in [2.24, 2.45) is 0 Å². The van der Waals surface area contributed by atoms with Gasteiger partial charge in [0.2, 0.25) is 0 Å². The minimum absolute atomic E-state index is 0.189. The highest BCUT2D eigenvalue weighted by Crippen LogP contribution is 2.35. The number of allylic oxidation sites excluding steroid dienone is 2. The highest BCUT2D eigenvalue weighted by Gasteiger charge is 2.17. The largest absolute Gasteiger partial charge is 0.493 e. The lowest BCUT2D eigenvalue weighted by atomic mass is 10.0. The van der Waals surface area contributed by atoms with E-state index >= 15 is 0 Å². The van der Waals surface area contributed by atoms with Crippen molar-refractivity contribution >= 4 is 17.2 Å². The van der Waals surface area contributed by atoms with Gasteiger partial charge in [0.05, 0.1) is 12.0 Å². The Bertz CT molecular complexity index is 384. The maximum absolute atomic E-state index is 6.10. The Balaban J connectivity index is 2.22. The summed E-state index contributed by atoms with van der Waals surface area (Å²) < 4.78 is 5.75. The SMILES string of the molecule is CCCOc1ccccc1C1=CC(Cl)CC1. The van der Waals surface area contributed by atoms with E-state index in [-0.39, 0.29) is 5.38 Å². The molecular formula is C14H17ClO. The molecule has 0 aromatic heterocycles. The topological polar surface area (TPSA) is 9.23 Å². The van der Waals surface area contributed by atoms with Crippen molar-refractivity contribution in [2.75, 3.05) is 6.61 Å². The number of alkyl halides is 1. The number of benzene rings is 1. The molecule has 2 rings (SSSR count). The lowest BCUT2D eigenvalue weighted by Gasteiger charge is -2.11. The van der Waals surface area contributed by atoms with E-state index < -0.39 is 0 Å². The molecule has 86 valence electrons. The van der Waals surface area contributed by atoms with E-state index in [9.17, 15) is 0 Å². The zero-order valence-electron chi connectivity index (χ0n) is 9.58. The molecule has 1 aromatic carbocycles. The van der Waals surface area contributed by atoms with E-state index in [1.54, 1.807) is 0 Å². The van der Waals surface area contributed by atoms with Crippen LogP contribution in [0.4, 0.5) is 0 Å². The Labute approximate surface area is 102 Å². The molecule has 0 spiro atoms. The Hall–Kier alpha value is -0.950. The van der Waals surface area contributed by atoms with Gasteiger partial charge in [0.1, 0.15) is 5.75 Å². The molecule has 0 aliphatic heterocycles. The molecule has 2 heteroatoms. The molecule has 0 heterocycles. The van der Waals surface area contributed by atoms with Crippen LogP contribution in [-0.2, 0) is 0 Å². The summed E-state index contributed by atoms with van der Waals surface area (Å²) in [6, 6.07) is 8.22. The molecule has 0 bridgehead atoms. The smallest absolute Gasteiger partial charge is 0.126 e. The number of hydrogen-bond acceptors (Lipinski definition) is 1. The first-order valence-electron chi connectivity index (χ1n) is 5.88. The average molecular weight is 237 g/mol. The number of ether oxygens (including phenoxy) is 1. The molecule has 0 saturated carbocycles. The second-order valence-corrected chi connectivity index (χ2v) is 4.65. The second kappa shape index (κ2) is 5.40. The summed E-state index contributed by atoms with van der Waals surface area (Å²) in [4.78, 5) is 0. The normalized spacial score (nSPS) is 19.6. The van der Waals surface area contributed by atoms with Gasteiger partial charge in [-0.15, -0.1) is 11.6 Å². The molecule has 1 atom stereocenters. The van der Waals surface area contributed by atoms with Gasteiger partial charge in [-0.25, -0.2) is 0 Å². The quantitative estimate of drug-likeness (QED) is 0.710. The third kappa shape index (κ3) is 2.59. The van der Waals surface area contributed by atoms with E-state index in [0.29, 0.717) is 0 Å². The third-order valence-electron chi connectivity index (χ3n) is 2.77. The van der Waals surface area contributed by atoms with Gasteiger partial charge in [-0.05, 0) is 30.9 Å². The van der Waals surface area contributed by atoms with Crippen molar-refractivity contribution in [1.82, 2.24) is 0 Å². The van der Waals surface area contributed by atoms with Crippen LogP contribution in [0, 0.1) is 0 Å². The van der Waals surface area contributed by atoms with E-state index in [4.69, 9.17) is 16.3 Å². The first kappa shape index (κ1) is 11.5. The minimum Gasteiger partial charge on any atom is -0.493 e. The van der Waals surface area contributed by atoms with Crippen LogP contribution in [0.1, 0.15) is 31.7 Å². The zero-order chi connectivity index (χ0) is 11.4. The molecule has 0 N–H and O–H groups in total. The lowest BCUT2D eigenvalue weighted by Crippen LogP contribution is -1.97. The number of halogens is 1. The molecule has 1 aromatic rings. The maximum Gasteiger partial charge on any atom is 0.126 e. The van der Waals surface area contributed by atoms with Crippen molar-refractivity contribution < 1.29 is 4.74 Å². The lowest BCUT2D eigenvalue weighted by molar-refractivity contribution is 0.316. The summed E-state index contributed by atoms with van der Waals surface area (Å²) in [5, 5.41) is 0.189. The van der Waals surface area contributed by atoms with Gasteiger partial charge in [-0.1, -0.05) is 31.2 Å². The van der Waals surface area contributed by atoms with Crippen molar-refractivity contribution in [1.29, 1.82) is 0 Å². The maximum atomic E-state index is 6.10. The molecule has 1 nitrogen and oxygen atoms in total. The predicted molar refractivity (Wildman–Crippen MR) is 69.1 cm³/mol. The third-order valence-corrected chi connectivity index (χ3v) is 3.11. The highest BCUT2D eigenvalue weighted by molar-refractivity contribution is 6.22. The molecule has 0 fully saturated rings. The monoisotopic (exact) mass is 236 g/mol. The molecule has 1 unspecified atom stereocenters. The second-order valence-electron chi connectivity index (χ2n) is 4.09. The van der Waals surface area contributed by atoms with Gasteiger partial charge >= 0.3 is 0 Å². The number of rotatable bonds is 4.